The van der Waals surface area contributed by atoms with Gasteiger partial charge in [0.15, 0.2) is 0 Å². The molecule has 0 unspecified atom stereocenters. The predicted octanol–water partition coefficient (Wildman–Crippen LogP) is 1.42. The van der Waals surface area contributed by atoms with Crippen LogP contribution in [0.5, 0.6) is 0 Å². The van der Waals surface area contributed by atoms with Crippen LogP contribution < -0.4 is 5.14 Å². The molecule has 2 N–H and O–H groups in total. The van der Waals surface area contributed by atoms with E-state index in [0.717, 1.165) is 25.1 Å². The zero-order valence-corrected chi connectivity index (χ0v) is 11.5. The molecule has 0 bridgehead atoms. The third-order valence-corrected chi connectivity index (χ3v) is 3.72. The van der Waals surface area contributed by atoms with Crippen molar-refractivity contribution in [2.24, 2.45) is 11.1 Å². The van der Waals surface area contributed by atoms with Gasteiger partial charge < -0.3 is 0 Å². The lowest BCUT2D eigenvalue weighted by atomic mass is 10.0. The average molecular weight is 259 g/mol. The largest absolute Gasteiger partial charge is 0.272 e. The fourth-order valence-electron chi connectivity index (χ4n) is 1.82. The molecule has 0 spiro atoms. The van der Waals surface area contributed by atoms with Crippen LogP contribution in [-0.2, 0) is 22.3 Å². The highest BCUT2D eigenvalue weighted by molar-refractivity contribution is 7.88. The number of aromatic nitrogens is 2. The summed E-state index contributed by atoms with van der Waals surface area (Å²) in [5, 5.41) is 9.36. The van der Waals surface area contributed by atoms with Crippen LogP contribution in [0.2, 0.25) is 0 Å². The fourth-order valence-corrected chi connectivity index (χ4v) is 2.54. The second-order valence-corrected chi connectivity index (χ2v) is 6.07. The first-order valence-electron chi connectivity index (χ1n) is 5.89. The van der Waals surface area contributed by atoms with Crippen molar-refractivity contribution in [2.45, 2.75) is 45.9 Å². The van der Waals surface area contributed by atoms with Crippen LogP contribution in [0.1, 0.15) is 37.9 Å². The number of sulfonamides is 1. The number of nitrogens with zero attached hydrogens (tertiary/aromatic N) is 2. The molecule has 0 aromatic carbocycles. The molecule has 0 aliphatic carbocycles. The van der Waals surface area contributed by atoms with E-state index in [1.54, 1.807) is 6.20 Å². The maximum Gasteiger partial charge on any atom is 0.213 e. The summed E-state index contributed by atoms with van der Waals surface area (Å²) in [5.41, 5.74) is 1.43. The van der Waals surface area contributed by atoms with Crippen LogP contribution in [0.25, 0.3) is 0 Å². The van der Waals surface area contributed by atoms with Crippen LogP contribution in [-0.4, -0.2) is 18.2 Å². The third kappa shape index (κ3) is 4.47. The van der Waals surface area contributed by atoms with E-state index in [9.17, 15) is 8.42 Å². The van der Waals surface area contributed by atoms with Gasteiger partial charge in [-0.05, 0) is 12.8 Å². The molecule has 0 saturated carbocycles. The topological polar surface area (TPSA) is 78.0 Å². The van der Waals surface area contributed by atoms with Gasteiger partial charge in [-0.25, -0.2) is 13.6 Å². The Morgan fingerprint density at radius 1 is 1.41 bits per heavy atom. The van der Waals surface area contributed by atoms with Crippen LogP contribution >= 0.6 is 0 Å². The number of primary sulfonamides is 1. The highest BCUT2D eigenvalue weighted by atomic mass is 32.2. The minimum absolute atomic E-state index is 0.137. The molecule has 0 aliphatic rings. The van der Waals surface area contributed by atoms with Crippen molar-refractivity contribution in [3.05, 3.63) is 17.5 Å². The zero-order valence-electron chi connectivity index (χ0n) is 10.7. The minimum atomic E-state index is -3.48. The monoisotopic (exact) mass is 259 g/mol. The zero-order chi connectivity index (χ0) is 13.1. The van der Waals surface area contributed by atoms with E-state index in [0.29, 0.717) is 11.5 Å². The van der Waals surface area contributed by atoms with E-state index < -0.39 is 10.0 Å². The maximum atomic E-state index is 11.0. The Bertz CT molecular complexity index is 461. The Morgan fingerprint density at radius 2 is 2.00 bits per heavy atom. The molecule has 17 heavy (non-hydrogen) atoms. The molecule has 1 rings (SSSR count). The van der Waals surface area contributed by atoms with Gasteiger partial charge in [0.25, 0.3) is 0 Å². The molecule has 0 saturated heterocycles. The Morgan fingerprint density at radius 3 is 2.47 bits per heavy atom. The molecule has 0 amide bonds. The average Bonchev–Trinajstić information content (AvgIpc) is 2.53. The van der Waals surface area contributed by atoms with Crippen molar-refractivity contribution in [2.75, 3.05) is 0 Å². The summed E-state index contributed by atoms with van der Waals surface area (Å²) in [6.07, 6.45) is 3.98. The SMILES string of the molecule is CCC(CC)Cn1cc(CS(N)(=O)=O)c(C)n1. The lowest BCUT2D eigenvalue weighted by Crippen LogP contribution is -2.14. The van der Waals surface area contributed by atoms with Gasteiger partial charge in [-0.2, -0.15) is 5.10 Å². The van der Waals surface area contributed by atoms with Gasteiger partial charge in [0.05, 0.1) is 11.4 Å². The Balaban J connectivity index is 2.81. The van der Waals surface area contributed by atoms with Gasteiger partial charge in [-0.15, -0.1) is 0 Å². The number of rotatable bonds is 6. The summed E-state index contributed by atoms with van der Waals surface area (Å²) in [4.78, 5) is 0. The van der Waals surface area contributed by atoms with Crippen molar-refractivity contribution >= 4 is 10.0 Å². The summed E-state index contributed by atoms with van der Waals surface area (Å²) >= 11 is 0. The fraction of sp³-hybridized carbons (Fsp3) is 0.727. The Labute approximate surface area is 103 Å². The van der Waals surface area contributed by atoms with Crippen LogP contribution in [0.15, 0.2) is 6.20 Å². The highest BCUT2D eigenvalue weighted by Gasteiger charge is 2.13. The van der Waals surface area contributed by atoms with E-state index in [2.05, 4.69) is 18.9 Å². The van der Waals surface area contributed by atoms with E-state index >= 15 is 0 Å². The summed E-state index contributed by atoms with van der Waals surface area (Å²) in [6, 6.07) is 0. The molecule has 0 fully saturated rings. The van der Waals surface area contributed by atoms with Crippen molar-refractivity contribution in [1.82, 2.24) is 9.78 Å². The van der Waals surface area contributed by atoms with Crippen molar-refractivity contribution < 1.29 is 8.42 Å². The molecule has 1 heterocycles. The molecular weight excluding hydrogens is 238 g/mol. The van der Waals surface area contributed by atoms with Gasteiger partial charge >= 0.3 is 0 Å². The quantitative estimate of drug-likeness (QED) is 0.839. The number of aryl methyl sites for hydroxylation is 1. The van der Waals surface area contributed by atoms with Gasteiger partial charge in [0.2, 0.25) is 10.0 Å². The highest BCUT2D eigenvalue weighted by Crippen LogP contribution is 2.14. The van der Waals surface area contributed by atoms with Crippen LogP contribution in [0, 0.1) is 12.8 Å². The number of hydrogen-bond acceptors (Lipinski definition) is 3. The summed E-state index contributed by atoms with van der Waals surface area (Å²) in [6.45, 7) is 6.94. The summed E-state index contributed by atoms with van der Waals surface area (Å²) < 4.78 is 23.9. The Kier molecular flexibility index (Phi) is 4.70. The standard InChI is InChI=1S/C11H21N3O2S/c1-4-10(5-2)6-14-7-11(9(3)13-14)8-17(12,15)16/h7,10H,4-6,8H2,1-3H3,(H2,12,15,16). The van der Waals surface area contributed by atoms with Crippen LogP contribution in [0.4, 0.5) is 0 Å². The molecule has 1 aromatic rings. The van der Waals surface area contributed by atoms with E-state index in [1.165, 1.54) is 0 Å². The molecular formula is C11H21N3O2S. The molecule has 0 aliphatic heterocycles. The lowest BCUT2D eigenvalue weighted by molar-refractivity contribution is 0.395. The van der Waals surface area contributed by atoms with Crippen molar-refractivity contribution in [1.29, 1.82) is 0 Å². The van der Waals surface area contributed by atoms with Gasteiger partial charge in [0, 0.05) is 18.3 Å². The second kappa shape index (κ2) is 5.64. The smallest absolute Gasteiger partial charge is 0.213 e. The Hall–Kier alpha value is -0.880. The maximum absolute atomic E-state index is 11.0. The normalized spacial score (nSPS) is 12.3. The van der Waals surface area contributed by atoms with Crippen molar-refractivity contribution in [3.8, 4) is 0 Å². The number of hydrogen-bond donors (Lipinski definition) is 1. The molecule has 1 aromatic heterocycles. The van der Waals surface area contributed by atoms with E-state index in [-0.39, 0.29) is 5.75 Å². The molecule has 6 heteroatoms. The van der Waals surface area contributed by atoms with E-state index in [1.807, 2.05) is 11.6 Å². The molecule has 0 atom stereocenters. The molecule has 5 nitrogen and oxygen atoms in total. The van der Waals surface area contributed by atoms with Gasteiger partial charge in [-0.1, -0.05) is 26.7 Å². The number of nitrogens with two attached hydrogens (primary N) is 1. The lowest BCUT2D eigenvalue weighted by Gasteiger charge is -2.11. The molecule has 98 valence electrons. The van der Waals surface area contributed by atoms with E-state index in [4.69, 9.17) is 5.14 Å². The molecule has 0 radical (unpaired) electrons. The van der Waals surface area contributed by atoms with Gasteiger partial charge in [-0.3, -0.25) is 4.68 Å². The first-order valence-corrected chi connectivity index (χ1v) is 7.60. The van der Waals surface area contributed by atoms with Crippen LogP contribution in [0.3, 0.4) is 0 Å². The van der Waals surface area contributed by atoms with Crippen molar-refractivity contribution in [3.63, 3.8) is 0 Å². The summed E-state index contributed by atoms with van der Waals surface area (Å²) in [7, 11) is -3.48. The minimum Gasteiger partial charge on any atom is -0.272 e. The second-order valence-electron chi connectivity index (χ2n) is 4.45. The summed E-state index contributed by atoms with van der Waals surface area (Å²) in [5.74, 6) is 0.443. The van der Waals surface area contributed by atoms with Gasteiger partial charge in [0.1, 0.15) is 0 Å². The third-order valence-electron chi connectivity index (χ3n) is 3.00. The predicted molar refractivity (Wildman–Crippen MR) is 67.8 cm³/mol. The first kappa shape index (κ1) is 14.2. The first-order chi connectivity index (χ1) is 7.85.